The highest BCUT2D eigenvalue weighted by atomic mass is 19.4. The van der Waals surface area contributed by atoms with Crippen LogP contribution in [0.25, 0.3) is 0 Å². The van der Waals surface area contributed by atoms with E-state index >= 15 is 0 Å². The zero-order valence-electron chi connectivity index (χ0n) is 11.4. The smallest absolute Gasteiger partial charge is 0.382 e. The second kappa shape index (κ2) is 6.23. The third-order valence-corrected chi connectivity index (χ3v) is 2.55. The zero-order valence-corrected chi connectivity index (χ0v) is 11.4. The molecule has 1 heterocycles. The summed E-state index contributed by atoms with van der Waals surface area (Å²) in [6, 6.07) is 1.64. The van der Waals surface area contributed by atoms with E-state index in [9.17, 15) is 18.0 Å². The summed E-state index contributed by atoms with van der Waals surface area (Å²) in [5, 5.41) is 15.4. The molecule has 114 valence electrons. The number of nitrogens with zero attached hydrogens (tertiary/aromatic N) is 3. The van der Waals surface area contributed by atoms with Gasteiger partial charge in [-0.25, -0.2) is 0 Å². The van der Waals surface area contributed by atoms with Crippen LogP contribution in [0.5, 0.6) is 0 Å². The Balaban J connectivity index is 2.48. The lowest BCUT2D eigenvalue weighted by Gasteiger charge is -2.21. The molecule has 0 saturated carbocycles. The third kappa shape index (κ3) is 4.82. The van der Waals surface area contributed by atoms with Gasteiger partial charge in [-0.1, -0.05) is 0 Å². The molecule has 1 atom stereocenters. The van der Waals surface area contributed by atoms with Gasteiger partial charge in [0.15, 0.2) is 6.10 Å². The van der Waals surface area contributed by atoms with Crippen molar-refractivity contribution in [1.82, 2.24) is 14.7 Å². The number of aliphatic hydroxyl groups is 1. The van der Waals surface area contributed by atoms with E-state index in [2.05, 4.69) is 10.4 Å². The van der Waals surface area contributed by atoms with Crippen molar-refractivity contribution in [3.8, 4) is 0 Å². The normalized spacial score (nSPS) is 13.6. The number of aliphatic hydroxyl groups excluding tert-OH is 1. The van der Waals surface area contributed by atoms with E-state index in [0.717, 1.165) is 4.90 Å². The fraction of sp³-hybridized carbons (Fsp3) is 0.636. The van der Waals surface area contributed by atoms with Crippen LogP contribution in [-0.2, 0) is 11.8 Å². The molecule has 0 radical (unpaired) electrons. The molecule has 0 saturated heterocycles. The van der Waals surface area contributed by atoms with Gasteiger partial charge in [0.05, 0.1) is 12.2 Å². The Morgan fingerprint density at radius 2 is 2.20 bits per heavy atom. The van der Waals surface area contributed by atoms with E-state index in [1.54, 1.807) is 20.0 Å². The van der Waals surface area contributed by atoms with Crippen molar-refractivity contribution < 1.29 is 23.1 Å². The Morgan fingerprint density at radius 3 is 2.65 bits per heavy atom. The lowest BCUT2D eigenvalue weighted by molar-refractivity contribution is -0.207. The first-order valence-corrected chi connectivity index (χ1v) is 5.83. The summed E-state index contributed by atoms with van der Waals surface area (Å²) < 4.78 is 37.9. The number of halogens is 3. The Kier molecular flexibility index (Phi) is 5.12. The molecule has 0 aromatic carbocycles. The molecular formula is C11H17F3N4O2. The number of alkyl halides is 3. The van der Waals surface area contributed by atoms with Crippen molar-refractivity contribution in [2.75, 3.05) is 25.5 Å². The first-order valence-electron chi connectivity index (χ1n) is 5.83. The molecule has 1 aromatic rings. The maximum absolute atomic E-state index is 12.2. The molecule has 1 unspecified atom stereocenters. The van der Waals surface area contributed by atoms with Crippen molar-refractivity contribution in [3.63, 3.8) is 0 Å². The fourth-order valence-corrected chi connectivity index (χ4v) is 1.62. The van der Waals surface area contributed by atoms with Gasteiger partial charge in [-0.2, -0.15) is 18.3 Å². The number of likely N-dealkylation sites (N-methyl/N-ethyl adjacent to an activating group) is 1. The van der Waals surface area contributed by atoms with Gasteiger partial charge in [0.1, 0.15) is 5.82 Å². The van der Waals surface area contributed by atoms with E-state index in [4.69, 9.17) is 5.11 Å². The minimum Gasteiger partial charge on any atom is -0.382 e. The lowest BCUT2D eigenvalue weighted by atomic mass is 10.3. The van der Waals surface area contributed by atoms with Gasteiger partial charge in [-0.3, -0.25) is 14.4 Å². The van der Waals surface area contributed by atoms with Gasteiger partial charge in [0, 0.05) is 19.7 Å². The number of carbonyl (C=O) groups is 1. The van der Waals surface area contributed by atoms with Gasteiger partial charge in [0.2, 0.25) is 5.91 Å². The van der Waals surface area contributed by atoms with E-state index < -0.39 is 24.7 Å². The van der Waals surface area contributed by atoms with E-state index in [1.807, 2.05) is 0 Å². The predicted octanol–water partition coefficient (Wildman–Crippen LogP) is 0.522. The maximum atomic E-state index is 12.2. The van der Waals surface area contributed by atoms with Crippen LogP contribution in [-0.4, -0.2) is 58.1 Å². The van der Waals surface area contributed by atoms with Crippen molar-refractivity contribution in [3.05, 3.63) is 11.8 Å². The average molecular weight is 294 g/mol. The van der Waals surface area contributed by atoms with Crippen LogP contribution < -0.4 is 5.32 Å². The minimum atomic E-state index is -4.69. The monoisotopic (exact) mass is 294 g/mol. The number of amides is 1. The Morgan fingerprint density at radius 1 is 1.60 bits per heavy atom. The highest BCUT2D eigenvalue weighted by Crippen LogP contribution is 2.20. The van der Waals surface area contributed by atoms with Crippen LogP contribution in [0, 0.1) is 6.92 Å². The van der Waals surface area contributed by atoms with Gasteiger partial charge in [-0.05, 0) is 14.0 Å². The number of carbonyl (C=O) groups excluding carboxylic acids is 1. The molecule has 0 aliphatic heterocycles. The number of aromatic nitrogens is 2. The van der Waals surface area contributed by atoms with Crippen LogP contribution in [0.2, 0.25) is 0 Å². The van der Waals surface area contributed by atoms with Crippen LogP contribution in [0.1, 0.15) is 5.69 Å². The molecular weight excluding hydrogens is 277 g/mol. The van der Waals surface area contributed by atoms with Gasteiger partial charge in [-0.15, -0.1) is 0 Å². The Labute approximate surface area is 114 Å². The van der Waals surface area contributed by atoms with Crippen molar-refractivity contribution in [1.29, 1.82) is 0 Å². The van der Waals surface area contributed by atoms with E-state index in [-0.39, 0.29) is 6.54 Å². The van der Waals surface area contributed by atoms with Crippen molar-refractivity contribution in [2.45, 2.75) is 19.2 Å². The Bertz CT molecular complexity index is 473. The first kappa shape index (κ1) is 16.4. The number of anilines is 1. The summed E-state index contributed by atoms with van der Waals surface area (Å²) in [5.41, 5.74) is 0.712. The van der Waals surface area contributed by atoms with Crippen LogP contribution in [0.15, 0.2) is 6.07 Å². The predicted molar refractivity (Wildman–Crippen MR) is 66.1 cm³/mol. The number of aryl methyl sites for hydroxylation is 2. The molecule has 0 aliphatic rings. The number of hydrogen-bond acceptors (Lipinski definition) is 4. The van der Waals surface area contributed by atoms with Gasteiger partial charge < -0.3 is 10.4 Å². The number of rotatable bonds is 5. The third-order valence-electron chi connectivity index (χ3n) is 2.55. The lowest BCUT2D eigenvalue weighted by Crippen LogP contribution is -2.42. The molecule has 1 amide bonds. The topological polar surface area (TPSA) is 70.4 Å². The Hall–Kier alpha value is -1.61. The number of hydrogen-bond donors (Lipinski definition) is 2. The molecule has 6 nitrogen and oxygen atoms in total. The second-order valence-electron chi connectivity index (χ2n) is 4.60. The summed E-state index contributed by atoms with van der Waals surface area (Å²) in [6.07, 6.45) is -7.16. The quantitative estimate of drug-likeness (QED) is 0.831. The van der Waals surface area contributed by atoms with Gasteiger partial charge in [0.25, 0.3) is 0 Å². The van der Waals surface area contributed by atoms with Crippen molar-refractivity contribution >= 4 is 11.7 Å². The molecule has 0 spiro atoms. The van der Waals surface area contributed by atoms with Crippen LogP contribution >= 0.6 is 0 Å². The molecule has 1 rings (SSSR count). The first-order chi connectivity index (χ1) is 9.09. The minimum absolute atomic E-state index is 0.267. The second-order valence-corrected chi connectivity index (χ2v) is 4.60. The molecule has 0 fully saturated rings. The van der Waals surface area contributed by atoms with Crippen molar-refractivity contribution in [2.24, 2.45) is 7.05 Å². The molecule has 9 heteroatoms. The summed E-state index contributed by atoms with van der Waals surface area (Å²) in [7, 11) is 2.96. The number of nitrogens with one attached hydrogen (secondary N) is 1. The maximum Gasteiger partial charge on any atom is 0.415 e. The fourth-order valence-electron chi connectivity index (χ4n) is 1.62. The molecule has 0 aliphatic carbocycles. The summed E-state index contributed by atoms with van der Waals surface area (Å²) in [6.45, 7) is 0.820. The van der Waals surface area contributed by atoms with E-state index in [1.165, 1.54) is 11.7 Å². The molecule has 20 heavy (non-hydrogen) atoms. The summed E-state index contributed by atoms with van der Waals surface area (Å²) >= 11 is 0. The zero-order chi connectivity index (χ0) is 15.5. The van der Waals surface area contributed by atoms with Crippen LogP contribution in [0.4, 0.5) is 19.0 Å². The SMILES string of the molecule is Cc1cc(NC(=O)CN(C)CC(O)C(F)(F)F)n(C)n1. The van der Waals surface area contributed by atoms with Crippen LogP contribution in [0.3, 0.4) is 0 Å². The van der Waals surface area contributed by atoms with E-state index in [0.29, 0.717) is 11.5 Å². The molecule has 2 N–H and O–H groups in total. The average Bonchev–Trinajstić information content (AvgIpc) is 2.55. The molecule has 0 bridgehead atoms. The largest absolute Gasteiger partial charge is 0.415 e. The highest BCUT2D eigenvalue weighted by Gasteiger charge is 2.38. The molecule has 1 aromatic heterocycles. The summed E-state index contributed by atoms with van der Waals surface area (Å²) in [5.74, 6) is -0.0258. The summed E-state index contributed by atoms with van der Waals surface area (Å²) in [4.78, 5) is 12.8. The standard InChI is InChI=1S/C11H17F3N4O2/c1-7-4-9(18(3)16-7)15-10(20)6-17(2)5-8(19)11(12,13)14/h4,8,19H,5-6H2,1-3H3,(H,15,20). The van der Waals surface area contributed by atoms with Gasteiger partial charge >= 0.3 is 6.18 Å². The highest BCUT2D eigenvalue weighted by molar-refractivity contribution is 5.91.